The molecule has 0 atom stereocenters. The molecule has 0 bridgehead atoms. The number of halogens is 2. The van der Waals surface area contributed by atoms with Gasteiger partial charge in [-0.05, 0) is 7.85 Å². The van der Waals surface area contributed by atoms with Crippen LogP contribution in [0.25, 0.3) is 0 Å². The van der Waals surface area contributed by atoms with E-state index in [0.29, 0.717) is 0 Å². The molecule has 0 heterocycles. The zero-order valence-corrected chi connectivity index (χ0v) is 10.2. The SMILES string of the molecule is O=C(OCC#CI)OCC#CI. The van der Waals surface area contributed by atoms with Crippen LogP contribution in [0.15, 0.2) is 0 Å². The Labute approximate surface area is 97.8 Å². The third-order valence-electron chi connectivity index (χ3n) is 0.658. The molecule has 0 N–H and O–H groups in total. The van der Waals surface area contributed by atoms with Crippen molar-refractivity contribution < 1.29 is 14.3 Å². The maximum absolute atomic E-state index is 10.6. The highest BCUT2D eigenvalue weighted by Crippen LogP contribution is 1.84. The smallest absolute Gasteiger partial charge is 0.421 e. The summed E-state index contributed by atoms with van der Waals surface area (Å²) in [6, 6.07) is 0. The number of ether oxygens (including phenoxy) is 2. The van der Waals surface area contributed by atoms with Crippen LogP contribution in [0.3, 0.4) is 0 Å². The summed E-state index contributed by atoms with van der Waals surface area (Å²) in [4.78, 5) is 10.6. The van der Waals surface area contributed by atoms with Gasteiger partial charge >= 0.3 is 6.16 Å². The zero-order valence-electron chi connectivity index (χ0n) is 5.89. The summed E-state index contributed by atoms with van der Waals surface area (Å²) in [5, 5.41) is 0. The molecule has 0 aliphatic heterocycles. The average molecular weight is 390 g/mol. The van der Waals surface area contributed by atoms with Gasteiger partial charge in [0.05, 0.1) is 0 Å². The van der Waals surface area contributed by atoms with Gasteiger partial charge in [-0.2, -0.15) is 0 Å². The number of carbonyl (C=O) groups excluding carboxylic acids is 1. The van der Waals surface area contributed by atoms with Gasteiger partial charge in [-0.15, -0.1) is 0 Å². The molecule has 0 aliphatic rings. The molecule has 0 saturated carbocycles. The molecule has 0 rings (SSSR count). The monoisotopic (exact) mass is 390 g/mol. The van der Waals surface area contributed by atoms with Crippen molar-refractivity contribution in [3.05, 3.63) is 0 Å². The standard InChI is InChI=1S/C7H4I2O3/c8-3-1-5-11-7(10)12-6-2-4-9/h5-6H2. The molecule has 0 radical (unpaired) electrons. The van der Waals surface area contributed by atoms with Gasteiger partial charge in [-0.1, -0.05) is 11.8 Å². The number of carbonyl (C=O) groups is 1. The molecule has 64 valence electrons. The van der Waals surface area contributed by atoms with E-state index < -0.39 is 6.16 Å². The maximum atomic E-state index is 10.6. The first-order chi connectivity index (χ1) is 5.81. The summed E-state index contributed by atoms with van der Waals surface area (Å²) in [6.07, 6.45) is -0.742. The molecule has 5 heteroatoms. The molecular formula is C7H4I2O3. The lowest BCUT2D eigenvalue weighted by Gasteiger charge is -1.98. The van der Waals surface area contributed by atoms with E-state index in [1.165, 1.54) is 0 Å². The molecule has 0 aromatic carbocycles. The lowest BCUT2D eigenvalue weighted by molar-refractivity contribution is 0.0745. The van der Waals surface area contributed by atoms with Crippen molar-refractivity contribution in [2.24, 2.45) is 0 Å². The van der Waals surface area contributed by atoms with Crippen LogP contribution in [0.5, 0.6) is 0 Å². The lowest BCUT2D eigenvalue weighted by Crippen LogP contribution is -2.07. The molecule has 0 saturated heterocycles. The summed E-state index contributed by atoms with van der Waals surface area (Å²) >= 11 is 3.70. The zero-order chi connectivity index (χ0) is 9.23. The normalized spacial score (nSPS) is 6.83. The highest BCUT2D eigenvalue weighted by atomic mass is 127. The Bertz CT molecular complexity index is 227. The van der Waals surface area contributed by atoms with Crippen molar-refractivity contribution in [3.8, 4) is 19.7 Å². The Balaban J connectivity index is 3.42. The topological polar surface area (TPSA) is 35.5 Å². The van der Waals surface area contributed by atoms with E-state index >= 15 is 0 Å². The van der Waals surface area contributed by atoms with Crippen molar-refractivity contribution in [1.29, 1.82) is 0 Å². The van der Waals surface area contributed by atoms with Crippen LogP contribution in [0.2, 0.25) is 0 Å². The molecule has 0 amide bonds. The van der Waals surface area contributed by atoms with E-state index in [1.807, 2.05) is 45.2 Å². The summed E-state index contributed by atoms with van der Waals surface area (Å²) in [5.41, 5.74) is 0. The quantitative estimate of drug-likeness (QED) is 0.411. The highest BCUT2D eigenvalue weighted by Gasteiger charge is 1.98. The van der Waals surface area contributed by atoms with Crippen LogP contribution in [0.4, 0.5) is 4.79 Å². The summed E-state index contributed by atoms with van der Waals surface area (Å²) in [6.45, 7) is 0.110. The minimum atomic E-state index is -0.742. The average Bonchev–Trinajstić information content (AvgIpc) is 2.06. The molecule has 3 nitrogen and oxygen atoms in total. The van der Waals surface area contributed by atoms with E-state index in [1.54, 1.807) is 0 Å². The van der Waals surface area contributed by atoms with Crippen molar-refractivity contribution in [2.45, 2.75) is 0 Å². The second-order valence-corrected chi connectivity index (χ2v) is 2.45. The summed E-state index contributed by atoms with van der Waals surface area (Å²) in [7, 11) is 0. The first-order valence-corrected chi connectivity index (χ1v) is 4.93. The maximum Gasteiger partial charge on any atom is 0.510 e. The van der Waals surface area contributed by atoms with Gasteiger partial charge in [0.15, 0.2) is 13.2 Å². The van der Waals surface area contributed by atoms with Gasteiger partial charge in [0.25, 0.3) is 0 Å². The highest BCUT2D eigenvalue weighted by molar-refractivity contribution is 14.1. The molecule has 0 aromatic rings. The summed E-state index contributed by atoms with van der Waals surface area (Å²) < 4.78 is 14.1. The molecule has 0 spiro atoms. The van der Waals surface area contributed by atoms with Gasteiger partial charge in [0.2, 0.25) is 0 Å². The van der Waals surface area contributed by atoms with Crippen molar-refractivity contribution in [1.82, 2.24) is 0 Å². The summed E-state index contributed by atoms with van der Waals surface area (Å²) in [5.74, 6) is 5.09. The minimum Gasteiger partial charge on any atom is -0.421 e. The fourth-order valence-corrected chi connectivity index (χ4v) is 0.598. The van der Waals surface area contributed by atoms with Crippen LogP contribution in [-0.2, 0) is 9.47 Å². The third kappa shape index (κ3) is 7.95. The van der Waals surface area contributed by atoms with Gasteiger partial charge in [0.1, 0.15) is 0 Å². The minimum absolute atomic E-state index is 0.0550. The number of hydrogen-bond acceptors (Lipinski definition) is 3. The van der Waals surface area contributed by atoms with E-state index in [4.69, 9.17) is 0 Å². The van der Waals surface area contributed by atoms with Crippen molar-refractivity contribution in [3.63, 3.8) is 0 Å². The Morgan fingerprint density at radius 2 is 1.50 bits per heavy atom. The third-order valence-corrected chi connectivity index (χ3v) is 1.42. The van der Waals surface area contributed by atoms with Crippen molar-refractivity contribution >= 4 is 51.3 Å². The first kappa shape index (κ1) is 11.8. The van der Waals surface area contributed by atoms with E-state index in [9.17, 15) is 4.79 Å². The van der Waals surface area contributed by atoms with Gasteiger partial charge in [-0.25, -0.2) is 4.79 Å². The molecule has 0 fully saturated rings. The largest absolute Gasteiger partial charge is 0.510 e. The van der Waals surface area contributed by atoms with Gasteiger partial charge in [-0.3, -0.25) is 0 Å². The van der Waals surface area contributed by atoms with Gasteiger partial charge < -0.3 is 9.47 Å². The first-order valence-electron chi connectivity index (χ1n) is 2.77. The fourth-order valence-electron chi connectivity index (χ4n) is 0.286. The number of hydrogen-bond donors (Lipinski definition) is 0. The van der Waals surface area contributed by atoms with Crippen molar-refractivity contribution in [2.75, 3.05) is 13.2 Å². The Morgan fingerprint density at radius 1 is 1.08 bits per heavy atom. The molecule has 0 unspecified atom stereocenters. The second kappa shape index (κ2) is 8.94. The van der Waals surface area contributed by atoms with Crippen LogP contribution >= 0.6 is 45.2 Å². The second-order valence-electron chi connectivity index (χ2n) is 1.37. The Morgan fingerprint density at radius 3 is 1.83 bits per heavy atom. The van der Waals surface area contributed by atoms with E-state index in [-0.39, 0.29) is 13.2 Å². The fraction of sp³-hybridized carbons (Fsp3) is 0.286. The predicted octanol–water partition coefficient (Wildman–Crippen LogP) is 1.93. The van der Waals surface area contributed by atoms with Crippen LogP contribution in [0, 0.1) is 19.7 Å². The van der Waals surface area contributed by atoms with Crippen LogP contribution < -0.4 is 0 Å². The van der Waals surface area contributed by atoms with Crippen LogP contribution in [0.1, 0.15) is 0 Å². The molecule has 12 heavy (non-hydrogen) atoms. The van der Waals surface area contributed by atoms with Crippen LogP contribution in [-0.4, -0.2) is 19.4 Å². The lowest BCUT2D eigenvalue weighted by atomic mass is 10.7. The predicted molar refractivity (Wildman–Crippen MR) is 60.9 cm³/mol. The number of rotatable bonds is 2. The Hall–Kier alpha value is -0.150. The van der Waals surface area contributed by atoms with Gasteiger partial charge in [0, 0.05) is 45.2 Å². The molecular weight excluding hydrogens is 386 g/mol. The van der Waals surface area contributed by atoms with E-state index in [0.717, 1.165) is 0 Å². The molecule has 0 aliphatic carbocycles. The molecule has 0 aromatic heterocycles. The Kier molecular flexibility index (Phi) is 8.83. The van der Waals surface area contributed by atoms with E-state index in [2.05, 4.69) is 29.2 Å².